The molecule has 1 aliphatic rings. The number of ketones is 1. The maximum Gasteiger partial charge on any atom is 0.247 e. The first kappa shape index (κ1) is 14.1. The van der Waals surface area contributed by atoms with Gasteiger partial charge in [-0.05, 0) is 12.5 Å². The number of alkyl halides is 1. The SMILES string of the molecule is CNC(=O)C(N)(C(=O)[C@@]1(F)CCNC1)C(C)C. The Morgan fingerprint density at radius 1 is 1.53 bits per heavy atom. The molecule has 0 aromatic heterocycles. The summed E-state index contributed by atoms with van der Waals surface area (Å²) in [5.74, 6) is -1.94. The van der Waals surface area contributed by atoms with E-state index in [1.165, 1.54) is 7.05 Å². The minimum atomic E-state index is -2.04. The van der Waals surface area contributed by atoms with Gasteiger partial charge in [0, 0.05) is 20.0 Å². The largest absolute Gasteiger partial charge is 0.357 e. The topological polar surface area (TPSA) is 84.2 Å². The van der Waals surface area contributed by atoms with Gasteiger partial charge in [0.2, 0.25) is 11.7 Å². The fourth-order valence-electron chi connectivity index (χ4n) is 2.06. The normalized spacial score (nSPS) is 27.9. The molecule has 2 atom stereocenters. The van der Waals surface area contributed by atoms with E-state index in [0.29, 0.717) is 6.54 Å². The molecule has 1 heterocycles. The number of likely N-dealkylation sites (N-methyl/N-ethyl adjacent to an activating group) is 1. The monoisotopic (exact) mass is 245 g/mol. The van der Waals surface area contributed by atoms with E-state index in [1.807, 2.05) is 0 Å². The van der Waals surface area contributed by atoms with Gasteiger partial charge in [-0.15, -0.1) is 0 Å². The van der Waals surface area contributed by atoms with Crippen molar-refractivity contribution in [2.75, 3.05) is 20.1 Å². The molecule has 0 aromatic rings. The molecule has 1 saturated heterocycles. The average molecular weight is 245 g/mol. The third-order valence-corrected chi connectivity index (χ3v) is 3.40. The fourth-order valence-corrected chi connectivity index (χ4v) is 2.06. The Hall–Kier alpha value is -1.01. The highest BCUT2D eigenvalue weighted by molar-refractivity contribution is 6.14. The second-order valence-electron chi connectivity index (χ2n) is 4.82. The van der Waals surface area contributed by atoms with E-state index in [4.69, 9.17) is 5.73 Å². The number of hydrogen-bond donors (Lipinski definition) is 3. The highest BCUT2D eigenvalue weighted by atomic mass is 19.1. The zero-order valence-electron chi connectivity index (χ0n) is 10.5. The van der Waals surface area contributed by atoms with Crippen molar-refractivity contribution in [3.8, 4) is 0 Å². The van der Waals surface area contributed by atoms with Crippen LogP contribution >= 0.6 is 0 Å². The Kier molecular flexibility index (Phi) is 3.88. The number of carbonyl (C=O) groups is 2. The van der Waals surface area contributed by atoms with Crippen molar-refractivity contribution in [2.45, 2.75) is 31.5 Å². The Labute approximate surface area is 100 Å². The van der Waals surface area contributed by atoms with E-state index in [2.05, 4.69) is 10.6 Å². The number of carbonyl (C=O) groups excluding carboxylic acids is 2. The molecule has 1 rings (SSSR count). The third-order valence-electron chi connectivity index (χ3n) is 3.40. The van der Waals surface area contributed by atoms with Crippen molar-refractivity contribution >= 4 is 11.7 Å². The van der Waals surface area contributed by atoms with Crippen LogP contribution in [0.15, 0.2) is 0 Å². The van der Waals surface area contributed by atoms with Crippen molar-refractivity contribution in [1.82, 2.24) is 10.6 Å². The van der Waals surface area contributed by atoms with Crippen LogP contribution in [0, 0.1) is 5.92 Å². The van der Waals surface area contributed by atoms with Gasteiger partial charge in [0.25, 0.3) is 0 Å². The average Bonchev–Trinajstić information content (AvgIpc) is 2.73. The van der Waals surface area contributed by atoms with Gasteiger partial charge in [-0.3, -0.25) is 9.59 Å². The molecule has 0 spiro atoms. The minimum Gasteiger partial charge on any atom is -0.357 e. The van der Waals surface area contributed by atoms with Crippen molar-refractivity contribution in [1.29, 1.82) is 0 Å². The molecular formula is C11H20FN3O2. The van der Waals surface area contributed by atoms with E-state index in [0.717, 1.165) is 0 Å². The van der Waals surface area contributed by atoms with Gasteiger partial charge in [0.05, 0.1) is 0 Å². The lowest BCUT2D eigenvalue weighted by molar-refractivity contribution is -0.144. The van der Waals surface area contributed by atoms with E-state index >= 15 is 0 Å². The van der Waals surface area contributed by atoms with E-state index in [9.17, 15) is 14.0 Å². The number of nitrogens with two attached hydrogens (primary N) is 1. The van der Waals surface area contributed by atoms with Gasteiger partial charge >= 0.3 is 0 Å². The molecule has 0 aliphatic carbocycles. The van der Waals surface area contributed by atoms with Crippen LogP contribution in [0.3, 0.4) is 0 Å². The van der Waals surface area contributed by atoms with Crippen molar-refractivity contribution in [3.05, 3.63) is 0 Å². The van der Waals surface area contributed by atoms with Crippen LogP contribution in [0.5, 0.6) is 0 Å². The molecule has 6 heteroatoms. The summed E-state index contributed by atoms with van der Waals surface area (Å²) in [6, 6.07) is 0. The molecule has 1 aliphatic heterocycles. The second kappa shape index (κ2) is 4.70. The van der Waals surface area contributed by atoms with Crippen LogP contribution in [-0.2, 0) is 9.59 Å². The summed E-state index contributed by atoms with van der Waals surface area (Å²) in [5, 5.41) is 5.12. The summed E-state index contributed by atoms with van der Waals surface area (Å²) in [4.78, 5) is 24.0. The Bertz CT molecular complexity index is 327. The number of hydrogen-bond acceptors (Lipinski definition) is 4. The highest BCUT2D eigenvalue weighted by Crippen LogP contribution is 2.29. The first-order valence-electron chi connectivity index (χ1n) is 5.74. The van der Waals surface area contributed by atoms with Gasteiger partial charge in [0.1, 0.15) is 0 Å². The molecule has 0 aromatic carbocycles. The molecule has 98 valence electrons. The van der Waals surface area contributed by atoms with Crippen LogP contribution in [0.25, 0.3) is 0 Å². The van der Waals surface area contributed by atoms with E-state index in [-0.39, 0.29) is 13.0 Å². The molecule has 0 bridgehead atoms. The van der Waals surface area contributed by atoms with E-state index < -0.39 is 28.8 Å². The summed E-state index contributed by atoms with van der Waals surface area (Å²) in [7, 11) is 1.39. The predicted octanol–water partition coefficient (Wildman–Crippen LogP) is -0.643. The van der Waals surface area contributed by atoms with Gasteiger partial charge < -0.3 is 16.4 Å². The number of Topliss-reactive ketones (excluding diaryl/α,β-unsaturated/α-hetero) is 1. The smallest absolute Gasteiger partial charge is 0.247 e. The molecular weight excluding hydrogens is 225 g/mol. The Balaban J connectivity index is 3.07. The van der Waals surface area contributed by atoms with Crippen LogP contribution in [0.2, 0.25) is 0 Å². The first-order valence-corrected chi connectivity index (χ1v) is 5.74. The molecule has 17 heavy (non-hydrogen) atoms. The molecule has 0 saturated carbocycles. The first-order chi connectivity index (χ1) is 7.79. The minimum absolute atomic E-state index is 0.0640. The predicted molar refractivity (Wildman–Crippen MR) is 62.2 cm³/mol. The molecule has 4 N–H and O–H groups in total. The maximum absolute atomic E-state index is 14.4. The Morgan fingerprint density at radius 3 is 2.47 bits per heavy atom. The fraction of sp³-hybridized carbons (Fsp3) is 0.818. The number of nitrogens with one attached hydrogen (secondary N) is 2. The quantitative estimate of drug-likeness (QED) is 0.575. The zero-order valence-corrected chi connectivity index (χ0v) is 10.5. The van der Waals surface area contributed by atoms with E-state index in [1.54, 1.807) is 13.8 Å². The summed E-state index contributed by atoms with van der Waals surface area (Å²) in [6.07, 6.45) is 0.0640. The third kappa shape index (κ3) is 2.19. The molecule has 1 fully saturated rings. The zero-order chi connectivity index (χ0) is 13.3. The Morgan fingerprint density at radius 2 is 2.12 bits per heavy atom. The van der Waals surface area contributed by atoms with Gasteiger partial charge in [-0.2, -0.15) is 0 Å². The summed E-state index contributed by atoms with van der Waals surface area (Å²) in [6.45, 7) is 3.62. The number of halogens is 1. The van der Waals surface area contributed by atoms with Gasteiger partial charge in [-0.1, -0.05) is 13.8 Å². The van der Waals surface area contributed by atoms with Gasteiger partial charge in [0.15, 0.2) is 11.2 Å². The number of rotatable bonds is 4. The van der Waals surface area contributed by atoms with Crippen LogP contribution < -0.4 is 16.4 Å². The molecule has 5 nitrogen and oxygen atoms in total. The lowest BCUT2D eigenvalue weighted by Crippen LogP contribution is -2.67. The lowest BCUT2D eigenvalue weighted by atomic mass is 9.76. The van der Waals surface area contributed by atoms with Gasteiger partial charge in [-0.25, -0.2) is 4.39 Å². The lowest BCUT2D eigenvalue weighted by Gasteiger charge is -2.34. The maximum atomic E-state index is 14.4. The van der Waals surface area contributed by atoms with Crippen LogP contribution in [-0.4, -0.2) is 43.0 Å². The standard InChI is InChI=1S/C11H20FN3O2/c1-7(2)11(13,9(17)14-3)8(16)10(12)4-5-15-6-10/h7,15H,4-6,13H2,1-3H3,(H,14,17)/t10-,11?/m1/s1. The second-order valence-corrected chi connectivity index (χ2v) is 4.82. The molecule has 0 radical (unpaired) electrons. The van der Waals surface area contributed by atoms with Crippen molar-refractivity contribution in [2.24, 2.45) is 11.7 Å². The van der Waals surface area contributed by atoms with Crippen molar-refractivity contribution in [3.63, 3.8) is 0 Å². The molecule has 1 amide bonds. The van der Waals surface area contributed by atoms with Crippen LogP contribution in [0.4, 0.5) is 4.39 Å². The highest BCUT2D eigenvalue weighted by Gasteiger charge is 2.55. The number of amides is 1. The van der Waals surface area contributed by atoms with Crippen molar-refractivity contribution < 1.29 is 14.0 Å². The summed E-state index contributed by atoms with van der Waals surface area (Å²) < 4.78 is 14.4. The molecule has 1 unspecified atom stereocenters. The summed E-state index contributed by atoms with van der Waals surface area (Å²) in [5.41, 5.74) is 2.03. The summed E-state index contributed by atoms with van der Waals surface area (Å²) >= 11 is 0. The van der Waals surface area contributed by atoms with Crippen LogP contribution in [0.1, 0.15) is 20.3 Å².